The van der Waals surface area contributed by atoms with Crippen molar-refractivity contribution < 1.29 is 105 Å². The predicted molar refractivity (Wildman–Crippen MR) is 584 cm³/mol. The first-order valence-electron chi connectivity index (χ1n) is 54.2. The van der Waals surface area contributed by atoms with Crippen molar-refractivity contribution in [3.8, 4) is 6.07 Å². The van der Waals surface area contributed by atoms with Gasteiger partial charge in [-0.25, -0.2) is 9.59 Å². The smallest absolute Gasteiger partial charge is 0.438 e. The summed E-state index contributed by atoms with van der Waals surface area (Å²) in [7, 11) is -6.78. The van der Waals surface area contributed by atoms with Crippen molar-refractivity contribution in [2.75, 3.05) is 52.9 Å². The topological polar surface area (TPSA) is 543 Å². The molecule has 0 bridgehead atoms. The molecule has 1 amide bonds. The summed E-state index contributed by atoms with van der Waals surface area (Å²) in [6, 6.07) is 9.06. The van der Waals surface area contributed by atoms with Crippen molar-refractivity contribution in [2.45, 2.75) is 436 Å². The van der Waals surface area contributed by atoms with E-state index in [2.05, 4.69) is 158 Å². The summed E-state index contributed by atoms with van der Waals surface area (Å²) < 4.78 is 50.9. The van der Waals surface area contributed by atoms with Gasteiger partial charge < -0.3 is 71.1 Å². The van der Waals surface area contributed by atoms with Crippen LogP contribution in [-0.4, -0.2) is 209 Å². The fourth-order valence-electron chi connectivity index (χ4n) is 18.4. The third kappa shape index (κ3) is 65.5. The van der Waals surface area contributed by atoms with E-state index < -0.39 is 65.9 Å². The molecule has 0 saturated heterocycles. The van der Waals surface area contributed by atoms with Gasteiger partial charge in [0.25, 0.3) is 0 Å². The lowest BCUT2D eigenvalue weighted by molar-refractivity contribution is -0.150. The number of primary amides is 1. The highest BCUT2D eigenvalue weighted by atomic mass is 35.5. The molecule has 0 spiro atoms. The second-order valence-electron chi connectivity index (χ2n) is 48.8. The van der Waals surface area contributed by atoms with Crippen LogP contribution in [0.2, 0.25) is 154 Å². The molecule has 8 aliphatic carbocycles. The molecular weight excluding hydrogens is 1980 g/mol. The van der Waals surface area contributed by atoms with E-state index in [1.807, 2.05) is 13.8 Å². The number of nitrogens with one attached hydrogen (secondary N) is 2. The van der Waals surface area contributed by atoms with Crippen LogP contribution in [0.5, 0.6) is 0 Å². The second kappa shape index (κ2) is 70.1. The Morgan fingerprint density at radius 3 is 0.793 bits per heavy atom. The van der Waals surface area contributed by atoms with Gasteiger partial charge in [-0.1, -0.05) is 133 Å². The van der Waals surface area contributed by atoms with E-state index in [1.54, 1.807) is 0 Å². The number of rotatable bonds is 39. The lowest BCUT2D eigenvalue weighted by Crippen LogP contribution is -2.30. The predicted octanol–water partition coefficient (Wildman–Crippen LogP) is 20.5. The van der Waals surface area contributed by atoms with E-state index in [0.717, 1.165) is 229 Å². The van der Waals surface area contributed by atoms with Crippen LogP contribution in [0.1, 0.15) is 281 Å². The maximum Gasteiger partial charge on any atom is 0.438 e. The summed E-state index contributed by atoms with van der Waals surface area (Å²) in [5.74, 6) is 2.36. The van der Waals surface area contributed by atoms with Gasteiger partial charge in [-0.3, -0.25) is 67.0 Å². The van der Waals surface area contributed by atoms with Gasteiger partial charge in [0, 0.05) is 129 Å². The van der Waals surface area contributed by atoms with E-state index in [4.69, 9.17) is 76.4 Å². The lowest BCUT2D eigenvalue weighted by Gasteiger charge is -2.27. The number of nitrogens with zero attached hydrogens (tertiary/aromatic N) is 4. The molecule has 34 nitrogen and oxygen atoms in total. The number of H-pyrrole nitrogens is 2. The number of amidine groups is 1. The molecule has 10 rings (SSSR count). The quantitative estimate of drug-likeness (QED) is 0.00586. The van der Waals surface area contributed by atoms with Crippen molar-refractivity contribution in [3.63, 3.8) is 0 Å². The fraction of sp³-hybridized carbons (Fsp3) is 0.846. The Morgan fingerprint density at radius 1 is 0.352 bits per heavy atom. The van der Waals surface area contributed by atoms with E-state index in [1.165, 1.54) is 0 Å². The zero-order valence-electron chi connectivity index (χ0n) is 92.4. The number of nitrogens with two attached hydrogens (primary N) is 4. The zero-order chi connectivity index (χ0) is 108. The van der Waals surface area contributed by atoms with E-state index in [9.17, 15) is 57.5 Å². The summed E-state index contributed by atoms with van der Waals surface area (Å²) in [6.07, 6.45) is 32.1. The first-order valence-corrected chi connectivity index (χ1v) is 76.4. The number of carboxylic acid groups (broad SMARTS) is 1. The van der Waals surface area contributed by atoms with E-state index in [0.29, 0.717) is 175 Å². The Labute approximate surface area is 878 Å². The Balaban J connectivity index is 0.000000563. The Morgan fingerprint density at radius 2 is 0.572 bits per heavy atom. The highest BCUT2D eigenvalue weighted by Crippen LogP contribution is 2.39. The van der Waals surface area contributed by atoms with E-state index in [-0.39, 0.29) is 107 Å². The summed E-state index contributed by atoms with van der Waals surface area (Å²) in [5, 5.41) is 36.9. The summed E-state index contributed by atoms with van der Waals surface area (Å²) in [5.41, 5.74) is 22.4. The van der Waals surface area contributed by atoms with Crippen LogP contribution in [-0.2, 0) is 85.8 Å². The van der Waals surface area contributed by atoms with Gasteiger partial charge in [-0.2, -0.15) is 5.26 Å². The normalized spacial score (nSPS) is 24.4. The minimum absolute atomic E-state index is 0. The van der Waals surface area contributed by atoms with Crippen LogP contribution < -0.4 is 34.4 Å². The molecule has 145 heavy (non-hydrogen) atoms. The van der Waals surface area contributed by atoms with Crippen molar-refractivity contribution in [1.29, 1.82) is 5.26 Å². The zero-order valence-corrected chi connectivity index (χ0v) is 99.2. The standard InChI is InChI=1S/C16H30O4Si.C15H26N2O4Si.C14H28N2O3Si.C14H27NO3Si.C14H25NO2Si.C14H26O4Si.C9H17NO2.C8H13N3O2.ClH/c1-5-19-16(18)14-8-6-13(7-9-14)12-15(17)20-10-11-21(2,3)4;1-22(2,3)9-8-20-13(18)10-11-4-6-12(7-5-11)14-16-15(19)21-17-14;1-20(2,3)9-8-19-13(17)10-11-4-6-12(7-5-11)14(15)16-18;1-19(2,3)9-8-18-13(16)10-11-4-6-12(7-5-11)14(15)17;1-18(2,3)9-8-17-14(16)10-12-4-6-13(11-15)7-5-12;1-19(2,3)9-8-18-13(15)10-11-4-6-12(7-5-11)14(16)17;1-2-12-9(11)7-3-5-8(10)6-4-7;9-6-3-1-5(2-4-6)7-10-8(12)13-11-7;/h13-14H,5-12H2,1-4H3;11-12H,4-10H2,1-3H3,(H,16,17,19);11-12,18H,4-10H2,1-3H3,(H2,15,16);11-12H,4-10H2,1-3H3,(H2,15,17);12-13H,4-10H2,1-3H3;11-12H,4-10H2,1-3H3,(H,16,17);7-8H,2-6,10H2,1H3;5-6H,1-4,9H2,(H,10,11,12);1H. The number of hydrogen-bond acceptors (Lipinski definition) is 29. The van der Waals surface area contributed by atoms with Crippen LogP contribution in [0.4, 0.5) is 0 Å². The molecule has 8 fully saturated rings. The molecule has 41 heteroatoms. The molecule has 2 aromatic heterocycles. The van der Waals surface area contributed by atoms with Crippen molar-refractivity contribution in [1.82, 2.24) is 20.3 Å². The van der Waals surface area contributed by atoms with Crippen LogP contribution in [0.15, 0.2) is 23.8 Å². The fourth-order valence-corrected chi connectivity index (χ4v) is 22.7. The number of aliphatic carboxylic acids is 1. The largest absolute Gasteiger partial charge is 0.481 e. The van der Waals surface area contributed by atoms with Gasteiger partial charge >= 0.3 is 65.2 Å². The highest BCUT2D eigenvalue weighted by molar-refractivity contribution is 6.78. The number of aromatic nitrogens is 4. The third-order valence-electron chi connectivity index (χ3n) is 28.4. The second-order valence-corrected chi connectivity index (χ2v) is 82.5. The molecule has 0 aromatic carbocycles. The van der Waals surface area contributed by atoms with Crippen molar-refractivity contribution in [3.05, 3.63) is 32.8 Å². The molecule has 2 aromatic rings. The molecule has 0 unspecified atom stereocenters. The van der Waals surface area contributed by atoms with Crippen molar-refractivity contribution >= 4 is 126 Å². The third-order valence-corrected chi connectivity index (χ3v) is 38.7. The lowest BCUT2D eigenvalue weighted by atomic mass is 9.80. The number of halogens is 1. The first kappa shape index (κ1) is 134. The number of oxime groups is 1. The molecule has 0 atom stereocenters. The number of carbonyl (C=O) groups is 10. The van der Waals surface area contributed by atoms with Crippen molar-refractivity contribution in [2.24, 2.45) is 99.1 Å². The number of nitriles is 1. The molecule has 12 N–H and O–H groups in total. The molecule has 8 saturated carbocycles. The molecule has 0 aliphatic heterocycles. The highest BCUT2D eigenvalue weighted by Gasteiger charge is 2.36. The first-order chi connectivity index (χ1) is 67.4. The van der Waals surface area contributed by atoms with Gasteiger partial charge in [0.15, 0.2) is 11.6 Å². The van der Waals surface area contributed by atoms with Gasteiger partial charge in [0.05, 0.1) is 76.7 Å². The van der Waals surface area contributed by atoms with Gasteiger partial charge in [0.2, 0.25) is 5.91 Å². The minimum atomic E-state index is -1.14. The van der Waals surface area contributed by atoms with Gasteiger partial charge in [-0.05, 0) is 291 Å². The summed E-state index contributed by atoms with van der Waals surface area (Å²) in [4.78, 5) is 142. The number of ether oxygens (including phenoxy) is 8. The molecule has 8 aliphatic rings. The summed E-state index contributed by atoms with van der Waals surface area (Å²) >= 11 is 0. The Hall–Kier alpha value is -7.15. The van der Waals surface area contributed by atoms with Crippen LogP contribution in [0.25, 0.3) is 0 Å². The average Bonchev–Trinajstić information content (AvgIpc) is 1.72. The molecule has 2 heterocycles. The number of carbonyl (C=O) groups excluding carboxylic acids is 9. The Kier molecular flexibility index (Phi) is 64.7. The molecular formula is C104H193ClN10O24Si6. The number of carboxylic acids is 1. The Bertz CT molecular complexity index is 4150. The van der Waals surface area contributed by atoms with Gasteiger partial charge in [-0.15, -0.1) is 12.4 Å². The number of aromatic amines is 2. The van der Waals surface area contributed by atoms with E-state index >= 15 is 0 Å². The van der Waals surface area contributed by atoms with Crippen LogP contribution >= 0.6 is 12.4 Å². The minimum Gasteiger partial charge on any atom is -0.481 e. The van der Waals surface area contributed by atoms with Crippen LogP contribution in [0, 0.1) is 82.3 Å². The number of esters is 8. The average molecular weight is 2170 g/mol. The number of hydrogen-bond donors (Lipinski definition) is 8. The SMILES string of the molecule is CCOC(=O)C1CCC(CC(=O)OCC[Si](C)(C)C)CC1.CCOC(=O)C1CCC(N)CC1.C[Si](C)(C)CCOC(=O)CC1CCC(/C(N)=N/O)CC1.C[Si](C)(C)CCOC(=O)CC1CCC(C#N)CC1.C[Si](C)(C)CCOC(=O)CC1CCC(C(=O)O)CC1.C[Si](C)(C)CCOC(=O)CC1CCC(C(N)=O)CC1.C[Si](C)(C)CCOC(=O)CC1CCC(c2noc(=O)[nH]2)CC1.Cl.NC1CCC(c2noc(=O)[nH]2)CC1. The van der Waals surface area contributed by atoms with Crippen LogP contribution in [0.3, 0.4) is 0 Å². The van der Waals surface area contributed by atoms with Gasteiger partial charge in [0.1, 0.15) is 5.84 Å². The summed E-state index contributed by atoms with van der Waals surface area (Å²) in [6.45, 7) is 48.9. The molecule has 0 radical (unpaired) electrons. The monoisotopic (exact) mass is 2170 g/mol. The maximum absolute atomic E-state index is 11.9. The maximum atomic E-state index is 11.9. The molecule has 834 valence electrons. The number of amides is 1.